The Labute approximate surface area is 338 Å². The van der Waals surface area contributed by atoms with E-state index < -0.39 is 6.04 Å². The number of aromatic amines is 1. The molecule has 1 atom stereocenters. The Balaban J connectivity index is 0.659. The Bertz CT molecular complexity index is 2440. The minimum absolute atomic E-state index is 0.102. The lowest BCUT2D eigenvalue weighted by Crippen LogP contribution is -2.49. The number of anilines is 1. The molecular formula is C46H49N9O3. The van der Waals surface area contributed by atoms with Crippen molar-refractivity contribution in [1.29, 1.82) is 0 Å². The van der Waals surface area contributed by atoms with Gasteiger partial charge < -0.3 is 35.1 Å². The van der Waals surface area contributed by atoms with Crippen LogP contribution in [0, 0.1) is 0 Å². The summed E-state index contributed by atoms with van der Waals surface area (Å²) in [7, 11) is 0. The Morgan fingerprint density at radius 3 is 2.48 bits per heavy atom. The van der Waals surface area contributed by atoms with Gasteiger partial charge in [0, 0.05) is 132 Å². The lowest BCUT2D eigenvalue weighted by molar-refractivity contribution is -0.126. The van der Waals surface area contributed by atoms with Gasteiger partial charge in [-0.05, 0) is 80.1 Å². The molecule has 6 aromatic rings. The van der Waals surface area contributed by atoms with Gasteiger partial charge in [0.05, 0.1) is 6.61 Å². The molecule has 2 saturated heterocycles. The SMILES string of the molecule is C=C1CCC(N2Cc3c(NCc4ccc(OCCCN5CCN(CCCc6ccc(-c7ccc8c(c7)[nH]c7ccncc78)cn6)CC5)nc4)cccc3C2=O)C(=O)N1. The number of fused-ring (bicyclic) bond motifs is 4. The largest absolute Gasteiger partial charge is 0.478 e. The molecule has 296 valence electrons. The van der Waals surface area contributed by atoms with Crippen molar-refractivity contribution in [2.75, 3.05) is 51.2 Å². The molecule has 0 bridgehead atoms. The van der Waals surface area contributed by atoms with Crippen LogP contribution in [0.3, 0.4) is 0 Å². The molecule has 3 aliphatic heterocycles. The van der Waals surface area contributed by atoms with Crippen molar-refractivity contribution in [2.45, 2.75) is 51.2 Å². The molecule has 0 saturated carbocycles. The third kappa shape index (κ3) is 8.16. The summed E-state index contributed by atoms with van der Waals surface area (Å²) >= 11 is 0. The minimum atomic E-state index is -0.477. The van der Waals surface area contributed by atoms with E-state index in [1.807, 2.05) is 61.2 Å². The van der Waals surface area contributed by atoms with E-state index in [1.165, 1.54) is 5.39 Å². The van der Waals surface area contributed by atoms with Crippen molar-refractivity contribution >= 4 is 39.3 Å². The van der Waals surface area contributed by atoms with Gasteiger partial charge in [-0.15, -0.1) is 0 Å². The first-order chi connectivity index (χ1) is 28.4. The van der Waals surface area contributed by atoms with Gasteiger partial charge in [-0.1, -0.05) is 36.9 Å². The number of ether oxygens (including phenoxy) is 1. The maximum atomic E-state index is 13.2. The first-order valence-corrected chi connectivity index (χ1v) is 20.4. The summed E-state index contributed by atoms with van der Waals surface area (Å²) < 4.78 is 5.99. The number of H-pyrrole nitrogens is 1. The number of hydrogen-bond donors (Lipinski definition) is 3. The zero-order valence-electron chi connectivity index (χ0n) is 32.8. The number of benzene rings is 2. The molecule has 12 heteroatoms. The molecule has 7 heterocycles. The molecule has 4 aromatic heterocycles. The molecule has 2 fully saturated rings. The second kappa shape index (κ2) is 16.8. The number of allylic oxidation sites excluding steroid dienone is 1. The lowest BCUT2D eigenvalue weighted by atomic mass is 10.0. The number of pyridine rings is 3. The number of amides is 2. The third-order valence-electron chi connectivity index (χ3n) is 11.8. The standard InChI is InChI=1S/C46H49N9O3/c1-31-8-14-43(45(56)51-31)55-30-39-37(46(55)57)6-2-7-40(39)49-26-32-9-15-44(50-27-32)58-24-4-19-54-22-20-53(21-23-54)18-3-5-35-12-10-34(28-48-35)33-11-13-36-38-29-47-17-16-41(38)52-42(36)25-33/h2,6-7,9-13,15-17,25,27-29,43,49,52H,1,3-5,8,14,18-24,26,30H2,(H,51,56). The van der Waals surface area contributed by atoms with Gasteiger partial charge in [0.1, 0.15) is 6.04 Å². The van der Waals surface area contributed by atoms with Crippen molar-refractivity contribution < 1.29 is 14.3 Å². The number of aromatic nitrogens is 4. The van der Waals surface area contributed by atoms with Crippen LogP contribution in [0.15, 0.2) is 104 Å². The molecule has 1 unspecified atom stereocenters. The molecule has 12 nitrogen and oxygen atoms in total. The number of hydrogen-bond acceptors (Lipinski definition) is 9. The van der Waals surface area contributed by atoms with Crippen LogP contribution < -0.4 is 15.4 Å². The van der Waals surface area contributed by atoms with Crippen LogP contribution in [0.25, 0.3) is 32.9 Å². The quantitative estimate of drug-likeness (QED) is 0.105. The molecule has 58 heavy (non-hydrogen) atoms. The van der Waals surface area contributed by atoms with Crippen molar-refractivity contribution in [1.82, 2.24) is 40.0 Å². The topological polar surface area (TPSA) is 132 Å². The fourth-order valence-corrected chi connectivity index (χ4v) is 8.48. The summed E-state index contributed by atoms with van der Waals surface area (Å²) in [6.07, 6.45) is 11.9. The molecule has 2 aromatic carbocycles. The molecule has 9 rings (SSSR count). The van der Waals surface area contributed by atoms with E-state index in [4.69, 9.17) is 9.72 Å². The van der Waals surface area contributed by atoms with Gasteiger partial charge in [-0.3, -0.25) is 19.6 Å². The molecule has 0 aliphatic carbocycles. The van der Waals surface area contributed by atoms with E-state index in [1.54, 1.807) is 4.90 Å². The highest BCUT2D eigenvalue weighted by Crippen LogP contribution is 2.33. The maximum absolute atomic E-state index is 13.2. The number of rotatable bonds is 14. The highest BCUT2D eigenvalue weighted by molar-refractivity contribution is 6.07. The van der Waals surface area contributed by atoms with Crippen LogP contribution in [0.2, 0.25) is 0 Å². The Hall–Kier alpha value is -6.11. The van der Waals surface area contributed by atoms with Gasteiger partial charge in [0.25, 0.3) is 5.91 Å². The number of carbonyl (C=O) groups excluding carboxylic acids is 2. The highest BCUT2D eigenvalue weighted by atomic mass is 16.5. The smallest absolute Gasteiger partial charge is 0.255 e. The monoisotopic (exact) mass is 775 g/mol. The fraction of sp³-hybridized carbons (Fsp3) is 0.326. The number of aryl methyl sites for hydroxylation is 1. The molecular weight excluding hydrogens is 727 g/mol. The van der Waals surface area contributed by atoms with Crippen molar-refractivity contribution in [3.8, 4) is 17.0 Å². The average Bonchev–Trinajstić information content (AvgIpc) is 3.80. The highest BCUT2D eigenvalue weighted by Gasteiger charge is 2.39. The number of piperidine rings is 1. The first kappa shape index (κ1) is 37.5. The van der Waals surface area contributed by atoms with Crippen LogP contribution in [0.5, 0.6) is 5.88 Å². The fourth-order valence-electron chi connectivity index (χ4n) is 8.48. The third-order valence-corrected chi connectivity index (χ3v) is 11.8. The van der Waals surface area contributed by atoms with Crippen LogP contribution in [-0.2, 0) is 24.3 Å². The van der Waals surface area contributed by atoms with Crippen LogP contribution in [0.4, 0.5) is 5.69 Å². The maximum Gasteiger partial charge on any atom is 0.255 e. The van der Waals surface area contributed by atoms with Crippen molar-refractivity contribution in [3.63, 3.8) is 0 Å². The van der Waals surface area contributed by atoms with Crippen molar-refractivity contribution in [2.24, 2.45) is 0 Å². The van der Waals surface area contributed by atoms with E-state index >= 15 is 0 Å². The van der Waals surface area contributed by atoms with Gasteiger partial charge in [-0.25, -0.2) is 4.98 Å². The van der Waals surface area contributed by atoms with Crippen molar-refractivity contribution in [3.05, 3.63) is 126 Å². The summed E-state index contributed by atoms with van der Waals surface area (Å²) in [5, 5.41) is 8.62. The first-order valence-electron chi connectivity index (χ1n) is 20.4. The molecule has 0 spiro atoms. The van der Waals surface area contributed by atoms with Crippen LogP contribution >= 0.6 is 0 Å². The second-order valence-corrected chi connectivity index (χ2v) is 15.6. The predicted octanol–water partition coefficient (Wildman–Crippen LogP) is 6.55. The number of nitrogens with one attached hydrogen (secondary N) is 3. The molecule has 3 aliphatic rings. The lowest BCUT2D eigenvalue weighted by Gasteiger charge is -2.34. The normalized spacial score (nSPS) is 17.6. The average molecular weight is 776 g/mol. The van der Waals surface area contributed by atoms with Gasteiger partial charge >= 0.3 is 0 Å². The van der Waals surface area contributed by atoms with E-state index in [9.17, 15) is 9.59 Å². The zero-order chi connectivity index (χ0) is 39.4. The van der Waals surface area contributed by atoms with Gasteiger partial charge in [0.2, 0.25) is 11.8 Å². The van der Waals surface area contributed by atoms with Gasteiger partial charge in [0.15, 0.2) is 0 Å². The number of carbonyl (C=O) groups is 2. The van der Waals surface area contributed by atoms with Gasteiger partial charge in [-0.2, -0.15) is 0 Å². The molecule has 3 N–H and O–H groups in total. The van der Waals surface area contributed by atoms with E-state index in [2.05, 4.69) is 72.3 Å². The van der Waals surface area contributed by atoms with Crippen LogP contribution in [0.1, 0.15) is 52.9 Å². The molecule has 0 radical (unpaired) electrons. The molecule has 2 amide bonds. The predicted molar refractivity (Wildman–Crippen MR) is 226 cm³/mol. The Morgan fingerprint density at radius 1 is 0.845 bits per heavy atom. The summed E-state index contributed by atoms with van der Waals surface area (Å²) in [4.78, 5) is 49.7. The second-order valence-electron chi connectivity index (χ2n) is 15.6. The van der Waals surface area contributed by atoms with E-state index in [0.29, 0.717) is 49.7 Å². The van der Waals surface area contributed by atoms with Crippen LogP contribution in [-0.4, -0.2) is 98.4 Å². The summed E-state index contributed by atoms with van der Waals surface area (Å²) in [5.41, 5.74) is 9.83. The summed E-state index contributed by atoms with van der Waals surface area (Å²) in [6, 6.07) is 22.1. The zero-order valence-corrected chi connectivity index (χ0v) is 32.8. The van der Waals surface area contributed by atoms with E-state index in [0.717, 1.165) is 109 Å². The summed E-state index contributed by atoms with van der Waals surface area (Å²) in [6.45, 7) is 11.9. The Kier molecular flexibility index (Phi) is 10.8. The van der Waals surface area contributed by atoms with E-state index in [-0.39, 0.29) is 11.8 Å². The minimum Gasteiger partial charge on any atom is -0.478 e. The number of nitrogens with zero attached hydrogens (tertiary/aromatic N) is 6. The Morgan fingerprint density at radius 2 is 1.69 bits per heavy atom. The number of piperazine rings is 1. The summed E-state index contributed by atoms with van der Waals surface area (Å²) in [5.74, 6) is 0.362.